The molecule has 1 aromatic heterocycles. The number of carboxylic acid groups (broad SMARTS) is 1. The second-order valence-electron chi connectivity index (χ2n) is 5.41. The van der Waals surface area contributed by atoms with Crippen LogP contribution < -0.4 is 5.32 Å². The Kier molecular flexibility index (Phi) is 4.37. The SMILES string of the molecule is Cc1ccc(NC(=O)[C@@H]2CCCC[C@@H]2C(=O)O)c(C)n1. The van der Waals surface area contributed by atoms with Crippen molar-refractivity contribution in [2.75, 3.05) is 5.32 Å². The number of rotatable bonds is 3. The molecule has 1 fully saturated rings. The van der Waals surface area contributed by atoms with Crippen molar-refractivity contribution >= 4 is 17.6 Å². The first-order chi connectivity index (χ1) is 9.49. The summed E-state index contributed by atoms with van der Waals surface area (Å²) in [5, 5.41) is 12.0. The standard InChI is InChI=1S/C15H20N2O3/c1-9-7-8-13(10(2)16-9)17-14(18)11-5-3-4-6-12(11)15(19)20/h7-8,11-12H,3-6H2,1-2H3,(H,17,18)(H,19,20)/t11-,12+/m1/s1. The number of hydrogen-bond donors (Lipinski definition) is 2. The van der Waals surface area contributed by atoms with Gasteiger partial charge in [0.25, 0.3) is 0 Å². The number of pyridine rings is 1. The fraction of sp³-hybridized carbons (Fsp3) is 0.533. The maximum atomic E-state index is 12.3. The molecule has 1 aromatic rings. The van der Waals surface area contributed by atoms with Crippen molar-refractivity contribution in [2.24, 2.45) is 11.8 Å². The summed E-state index contributed by atoms with van der Waals surface area (Å²) in [5.41, 5.74) is 2.30. The summed E-state index contributed by atoms with van der Waals surface area (Å²) >= 11 is 0. The molecule has 20 heavy (non-hydrogen) atoms. The van der Waals surface area contributed by atoms with Crippen LogP contribution in [0.2, 0.25) is 0 Å². The molecule has 2 atom stereocenters. The number of hydrogen-bond acceptors (Lipinski definition) is 3. The quantitative estimate of drug-likeness (QED) is 0.889. The van der Waals surface area contributed by atoms with Gasteiger partial charge in [-0.1, -0.05) is 12.8 Å². The van der Waals surface area contributed by atoms with E-state index in [9.17, 15) is 14.7 Å². The molecule has 5 heteroatoms. The number of anilines is 1. The van der Waals surface area contributed by atoms with Gasteiger partial charge in [-0.05, 0) is 38.8 Å². The van der Waals surface area contributed by atoms with E-state index in [1.807, 2.05) is 26.0 Å². The van der Waals surface area contributed by atoms with Gasteiger partial charge in [-0.15, -0.1) is 0 Å². The molecular weight excluding hydrogens is 256 g/mol. The van der Waals surface area contributed by atoms with E-state index in [4.69, 9.17) is 0 Å². The van der Waals surface area contributed by atoms with Gasteiger partial charge < -0.3 is 10.4 Å². The van der Waals surface area contributed by atoms with E-state index in [1.165, 1.54) is 0 Å². The Bertz CT molecular complexity index is 528. The van der Waals surface area contributed by atoms with Gasteiger partial charge in [0.1, 0.15) is 0 Å². The molecule has 2 rings (SSSR count). The van der Waals surface area contributed by atoms with E-state index in [2.05, 4.69) is 10.3 Å². The Hall–Kier alpha value is -1.91. The van der Waals surface area contributed by atoms with E-state index < -0.39 is 17.8 Å². The third kappa shape index (κ3) is 3.15. The number of aliphatic carboxylic acids is 1. The topological polar surface area (TPSA) is 79.3 Å². The van der Waals surface area contributed by atoms with Gasteiger partial charge in [0, 0.05) is 5.69 Å². The van der Waals surface area contributed by atoms with Crippen LogP contribution in [0.1, 0.15) is 37.1 Å². The number of aromatic nitrogens is 1. The molecule has 5 nitrogen and oxygen atoms in total. The number of nitrogens with one attached hydrogen (secondary N) is 1. The first kappa shape index (κ1) is 14.5. The lowest BCUT2D eigenvalue weighted by atomic mass is 9.78. The highest BCUT2D eigenvalue weighted by atomic mass is 16.4. The van der Waals surface area contributed by atoms with Crippen LogP contribution in [0.4, 0.5) is 5.69 Å². The Morgan fingerprint density at radius 1 is 1.20 bits per heavy atom. The predicted octanol–water partition coefficient (Wildman–Crippen LogP) is 2.53. The van der Waals surface area contributed by atoms with Crippen LogP contribution in [0.15, 0.2) is 12.1 Å². The lowest BCUT2D eigenvalue weighted by Gasteiger charge is -2.27. The van der Waals surface area contributed by atoms with Crippen molar-refractivity contribution in [1.29, 1.82) is 0 Å². The summed E-state index contributed by atoms with van der Waals surface area (Å²) in [6, 6.07) is 3.65. The minimum absolute atomic E-state index is 0.203. The predicted molar refractivity (Wildman–Crippen MR) is 75.4 cm³/mol. The molecule has 0 aromatic carbocycles. The fourth-order valence-corrected chi connectivity index (χ4v) is 2.78. The summed E-state index contributed by atoms with van der Waals surface area (Å²) in [7, 11) is 0. The average molecular weight is 276 g/mol. The molecule has 1 aliphatic rings. The first-order valence-electron chi connectivity index (χ1n) is 6.97. The minimum Gasteiger partial charge on any atom is -0.481 e. The summed E-state index contributed by atoms with van der Waals surface area (Å²) in [5.74, 6) is -2.08. The molecule has 1 saturated carbocycles. The van der Waals surface area contributed by atoms with E-state index >= 15 is 0 Å². The maximum absolute atomic E-state index is 12.3. The lowest BCUT2D eigenvalue weighted by molar-refractivity contribution is -0.147. The Labute approximate surface area is 118 Å². The monoisotopic (exact) mass is 276 g/mol. The Morgan fingerprint density at radius 3 is 2.45 bits per heavy atom. The van der Waals surface area contributed by atoms with E-state index in [1.54, 1.807) is 0 Å². The average Bonchev–Trinajstić information content (AvgIpc) is 2.41. The molecule has 0 unspecified atom stereocenters. The Morgan fingerprint density at radius 2 is 1.85 bits per heavy atom. The molecule has 1 amide bonds. The number of nitrogens with zero attached hydrogens (tertiary/aromatic N) is 1. The van der Waals surface area contributed by atoms with Crippen molar-refractivity contribution < 1.29 is 14.7 Å². The van der Waals surface area contributed by atoms with Crippen LogP contribution in [0.3, 0.4) is 0 Å². The van der Waals surface area contributed by atoms with Gasteiger partial charge in [-0.2, -0.15) is 0 Å². The van der Waals surface area contributed by atoms with Gasteiger partial charge in [-0.25, -0.2) is 0 Å². The number of carbonyl (C=O) groups is 2. The third-order valence-electron chi connectivity index (χ3n) is 3.90. The van der Waals surface area contributed by atoms with Crippen molar-refractivity contribution in [3.05, 3.63) is 23.5 Å². The van der Waals surface area contributed by atoms with E-state index in [0.717, 1.165) is 24.2 Å². The number of carboxylic acids is 1. The zero-order chi connectivity index (χ0) is 14.7. The molecular formula is C15H20N2O3. The fourth-order valence-electron chi connectivity index (χ4n) is 2.78. The van der Waals surface area contributed by atoms with Crippen molar-refractivity contribution in [3.63, 3.8) is 0 Å². The van der Waals surface area contributed by atoms with Crippen molar-refractivity contribution in [2.45, 2.75) is 39.5 Å². The van der Waals surface area contributed by atoms with Gasteiger partial charge in [0.15, 0.2) is 0 Å². The summed E-state index contributed by atoms with van der Waals surface area (Å²) in [6.45, 7) is 3.72. The lowest BCUT2D eigenvalue weighted by Crippen LogP contribution is -2.36. The molecule has 1 heterocycles. The molecule has 0 aliphatic heterocycles. The minimum atomic E-state index is -0.872. The highest BCUT2D eigenvalue weighted by Crippen LogP contribution is 2.31. The van der Waals surface area contributed by atoms with Gasteiger partial charge in [0.05, 0.1) is 23.2 Å². The van der Waals surface area contributed by atoms with Crippen LogP contribution in [0.5, 0.6) is 0 Å². The van der Waals surface area contributed by atoms with Crippen LogP contribution >= 0.6 is 0 Å². The zero-order valence-electron chi connectivity index (χ0n) is 11.8. The van der Waals surface area contributed by atoms with Crippen molar-refractivity contribution in [1.82, 2.24) is 4.98 Å². The highest BCUT2D eigenvalue weighted by Gasteiger charge is 2.35. The molecule has 0 spiro atoms. The molecule has 1 aliphatic carbocycles. The molecule has 108 valence electrons. The number of aryl methyl sites for hydroxylation is 2. The second-order valence-corrected chi connectivity index (χ2v) is 5.41. The van der Waals surface area contributed by atoms with Gasteiger partial charge >= 0.3 is 5.97 Å². The smallest absolute Gasteiger partial charge is 0.307 e. The first-order valence-corrected chi connectivity index (χ1v) is 6.97. The number of carbonyl (C=O) groups excluding carboxylic acids is 1. The normalized spacial score (nSPS) is 22.3. The Balaban J connectivity index is 2.12. The zero-order valence-corrected chi connectivity index (χ0v) is 11.8. The van der Waals surface area contributed by atoms with E-state index in [0.29, 0.717) is 18.5 Å². The molecule has 0 bridgehead atoms. The van der Waals surface area contributed by atoms with Gasteiger partial charge in [-0.3, -0.25) is 14.6 Å². The third-order valence-corrected chi connectivity index (χ3v) is 3.90. The van der Waals surface area contributed by atoms with Crippen LogP contribution in [-0.4, -0.2) is 22.0 Å². The maximum Gasteiger partial charge on any atom is 0.307 e. The van der Waals surface area contributed by atoms with Crippen LogP contribution in [0, 0.1) is 25.7 Å². The molecule has 0 saturated heterocycles. The summed E-state index contributed by atoms with van der Waals surface area (Å²) in [6.07, 6.45) is 3.01. The van der Waals surface area contributed by atoms with Gasteiger partial charge in [0.2, 0.25) is 5.91 Å². The molecule has 2 N–H and O–H groups in total. The van der Waals surface area contributed by atoms with E-state index in [-0.39, 0.29) is 5.91 Å². The largest absolute Gasteiger partial charge is 0.481 e. The second kappa shape index (κ2) is 6.03. The van der Waals surface area contributed by atoms with Crippen LogP contribution in [-0.2, 0) is 9.59 Å². The summed E-state index contributed by atoms with van der Waals surface area (Å²) < 4.78 is 0. The molecule has 0 radical (unpaired) electrons. The number of amides is 1. The highest BCUT2D eigenvalue weighted by molar-refractivity contribution is 5.95. The van der Waals surface area contributed by atoms with Crippen molar-refractivity contribution in [3.8, 4) is 0 Å². The summed E-state index contributed by atoms with van der Waals surface area (Å²) in [4.78, 5) is 27.9. The van der Waals surface area contributed by atoms with Crippen LogP contribution in [0.25, 0.3) is 0 Å².